The number of allylic oxidation sites excluding steroid dienone is 2. The zero-order valence-electron chi connectivity index (χ0n) is 22.9. The van der Waals surface area contributed by atoms with Gasteiger partial charge in [0.25, 0.3) is 0 Å². The Balaban J connectivity index is 1.55. The van der Waals surface area contributed by atoms with Gasteiger partial charge in [0.2, 0.25) is 0 Å². The minimum Gasteiger partial charge on any atom is -0.385 e. The molecule has 1 heterocycles. The molecule has 0 bridgehead atoms. The Bertz CT molecular complexity index is 1280. The second-order valence-electron chi connectivity index (χ2n) is 10.5. The summed E-state index contributed by atoms with van der Waals surface area (Å²) < 4.78 is 80.5. The van der Waals surface area contributed by atoms with Crippen LogP contribution >= 0.6 is 11.3 Å². The Labute approximate surface area is 236 Å². The number of thiophene rings is 1. The van der Waals surface area contributed by atoms with Gasteiger partial charge in [-0.05, 0) is 96.8 Å². The van der Waals surface area contributed by atoms with Gasteiger partial charge in [-0.15, -0.1) is 11.3 Å². The van der Waals surface area contributed by atoms with Crippen LogP contribution in [-0.4, -0.2) is 6.54 Å². The highest BCUT2D eigenvalue weighted by Gasteiger charge is 2.37. The molecule has 0 spiro atoms. The molecule has 0 saturated carbocycles. The van der Waals surface area contributed by atoms with Crippen molar-refractivity contribution in [3.05, 3.63) is 75.7 Å². The minimum absolute atomic E-state index is 0.0672. The van der Waals surface area contributed by atoms with E-state index in [2.05, 4.69) is 36.5 Å². The molecular formula is C32H35F6NS. The van der Waals surface area contributed by atoms with Crippen molar-refractivity contribution in [2.75, 3.05) is 11.9 Å². The number of anilines is 1. The number of alkyl halides is 6. The predicted octanol–water partition coefficient (Wildman–Crippen LogP) is 11.6. The second-order valence-corrected chi connectivity index (χ2v) is 11.7. The summed E-state index contributed by atoms with van der Waals surface area (Å²) in [7, 11) is 0. The molecule has 0 amide bonds. The maximum Gasteiger partial charge on any atom is 0.416 e. The van der Waals surface area contributed by atoms with Crippen molar-refractivity contribution < 1.29 is 26.3 Å². The molecule has 1 nitrogen and oxygen atoms in total. The standard InChI is InChI=1S/C32H35F6NS/c1-3-4-5-6-7-8-16-39-26-14-12-22(13-15-26)27-10-9-11-28(27)29-20-30(40-21(29)2)23-17-24(31(33,34)35)19-25(18-23)32(36,37)38/h12-15,17-20,39H,3-11,16H2,1-2H3. The van der Waals surface area contributed by atoms with Gasteiger partial charge < -0.3 is 5.32 Å². The Kier molecular flexibility index (Phi) is 9.70. The molecule has 0 radical (unpaired) electrons. The van der Waals surface area contributed by atoms with Crippen LogP contribution in [0.5, 0.6) is 0 Å². The monoisotopic (exact) mass is 579 g/mol. The third-order valence-corrected chi connectivity index (χ3v) is 8.53. The number of aryl methyl sites for hydroxylation is 1. The quantitative estimate of drug-likeness (QED) is 0.176. The Morgan fingerprint density at radius 1 is 0.725 bits per heavy atom. The first kappa shape index (κ1) is 30.2. The molecule has 0 aliphatic heterocycles. The van der Waals surface area contributed by atoms with Crippen LogP contribution in [0.4, 0.5) is 32.0 Å². The SMILES string of the molecule is CCCCCCCCNc1ccc(C2=C(c3cc(-c4cc(C(F)(F)F)cc(C(F)(F)F)c4)sc3C)CCC2)cc1. The highest BCUT2D eigenvalue weighted by Crippen LogP contribution is 2.46. The van der Waals surface area contributed by atoms with Crippen LogP contribution in [0.1, 0.15) is 91.8 Å². The molecule has 0 unspecified atom stereocenters. The lowest BCUT2D eigenvalue weighted by Gasteiger charge is -2.13. The maximum atomic E-state index is 13.4. The summed E-state index contributed by atoms with van der Waals surface area (Å²) >= 11 is 1.23. The zero-order valence-corrected chi connectivity index (χ0v) is 23.7. The minimum atomic E-state index is -4.87. The van der Waals surface area contributed by atoms with E-state index in [1.165, 1.54) is 49.0 Å². The Morgan fingerprint density at radius 2 is 1.32 bits per heavy atom. The topological polar surface area (TPSA) is 12.0 Å². The van der Waals surface area contributed by atoms with Crippen LogP contribution in [-0.2, 0) is 12.4 Å². The van der Waals surface area contributed by atoms with Crippen molar-refractivity contribution in [1.82, 2.24) is 0 Å². The second kappa shape index (κ2) is 12.8. The first-order valence-corrected chi connectivity index (χ1v) is 14.8. The van der Waals surface area contributed by atoms with E-state index in [-0.39, 0.29) is 11.6 Å². The summed E-state index contributed by atoms with van der Waals surface area (Å²) in [6.45, 7) is 5.02. The molecule has 1 N–H and O–H groups in total. The van der Waals surface area contributed by atoms with E-state index >= 15 is 0 Å². The molecule has 3 aromatic rings. The molecule has 1 aliphatic carbocycles. The normalized spacial score (nSPS) is 14.3. The van der Waals surface area contributed by atoms with E-state index in [4.69, 9.17) is 0 Å². The van der Waals surface area contributed by atoms with E-state index in [0.29, 0.717) is 4.88 Å². The average Bonchev–Trinajstić information content (AvgIpc) is 3.54. The molecule has 1 aliphatic rings. The first-order valence-electron chi connectivity index (χ1n) is 13.9. The van der Waals surface area contributed by atoms with Crippen molar-refractivity contribution in [3.63, 3.8) is 0 Å². The third kappa shape index (κ3) is 7.50. The van der Waals surface area contributed by atoms with Crippen molar-refractivity contribution >= 4 is 28.2 Å². The molecule has 0 fully saturated rings. The molecule has 0 atom stereocenters. The van der Waals surface area contributed by atoms with Crippen LogP contribution in [0.25, 0.3) is 21.6 Å². The summed E-state index contributed by atoms with van der Waals surface area (Å²) in [5.74, 6) is 0. The maximum absolute atomic E-state index is 13.4. The smallest absolute Gasteiger partial charge is 0.385 e. The molecule has 40 heavy (non-hydrogen) atoms. The molecule has 4 rings (SSSR count). The number of hydrogen-bond acceptors (Lipinski definition) is 2. The Morgan fingerprint density at radius 3 is 1.95 bits per heavy atom. The van der Waals surface area contributed by atoms with Crippen LogP contribution in [0.15, 0.2) is 48.5 Å². The summed E-state index contributed by atoms with van der Waals surface area (Å²) in [5.41, 5.74) is 2.73. The first-order chi connectivity index (χ1) is 19.0. The van der Waals surface area contributed by atoms with Crippen molar-refractivity contribution in [1.29, 1.82) is 0 Å². The molecule has 1 aromatic heterocycles. The average molecular weight is 580 g/mol. The lowest BCUT2D eigenvalue weighted by atomic mass is 9.96. The van der Waals surface area contributed by atoms with Gasteiger partial charge in [-0.2, -0.15) is 26.3 Å². The highest BCUT2D eigenvalue weighted by molar-refractivity contribution is 7.15. The number of rotatable bonds is 11. The van der Waals surface area contributed by atoms with E-state index in [1.54, 1.807) is 6.07 Å². The van der Waals surface area contributed by atoms with E-state index in [9.17, 15) is 26.3 Å². The van der Waals surface area contributed by atoms with E-state index < -0.39 is 23.5 Å². The largest absolute Gasteiger partial charge is 0.416 e. The molecule has 0 saturated heterocycles. The van der Waals surface area contributed by atoms with Crippen molar-refractivity contribution in [2.45, 2.75) is 84.0 Å². The van der Waals surface area contributed by atoms with Gasteiger partial charge in [-0.3, -0.25) is 0 Å². The van der Waals surface area contributed by atoms with Gasteiger partial charge in [0.1, 0.15) is 0 Å². The third-order valence-electron chi connectivity index (χ3n) is 7.43. The lowest BCUT2D eigenvalue weighted by molar-refractivity contribution is -0.143. The number of nitrogens with one attached hydrogen (secondary N) is 1. The molecular weight excluding hydrogens is 544 g/mol. The summed E-state index contributed by atoms with van der Waals surface area (Å²) in [4.78, 5) is 1.28. The predicted molar refractivity (Wildman–Crippen MR) is 153 cm³/mol. The van der Waals surface area contributed by atoms with Crippen LogP contribution in [0, 0.1) is 6.92 Å². The van der Waals surface area contributed by atoms with Crippen molar-refractivity contribution in [3.8, 4) is 10.4 Å². The van der Waals surface area contributed by atoms with Gasteiger partial charge in [0.05, 0.1) is 11.1 Å². The summed E-state index contributed by atoms with van der Waals surface area (Å²) in [6.07, 6.45) is 0.372. The van der Waals surface area contributed by atoms with E-state index in [1.807, 2.05) is 6.92 Å². The number of benzene rings is 2. The highest BCUT2D eigenvalue weighted by atomic mass is 32.1. The number of hydrogen-bond donors (Lipinski definition) is 1. The fourth-order valence-electron chi connectivity index (χ4n) is 5.31. The number of unbranched alkanes of at least 4 members (excludes halogenated alkanes) is 5. The molecule has 2 aromatic carbocycles. The van der Waals surface area contributed by atoms with Gasteiger partial charge >= 0.3 is 12.4 Å². The van der Waals surface area contributed by atoms with Gasteiger partial charge in [-0.1, -0.05) is 51.2 Å². The fraction of sp³-hybridized carbons (Fsp3) is 0.438. The summed E-state index contributed by atoms with van der Waals surface area (Å²) in [6, 6.07) is 11.9. The van der Waals surface area contributed by atoms with Crippen LogP contribution in [0.2, 0.25) is 0 Å². The zero-order chi connectivity index (χ0) is 28.9. The lowest BCUT2D eigenvalue weighted by Crippen LogP contribution is -2.10. The molecule has 216 valence electrons. The number of halogens is 6. The van der Waals surface area contributed by atoms with Crippen LogP contribution in [0.3, 0.4) is 0 Å². The summed E-state index contributed by atoms with van der Waals surface area (Å²) in [5, 5.41) is 3.48. The van der Waals surface area contributed by atoms with Crippen LogP contribution < -0.4 is 5.32 Å². The van der Waals surface area contributed by atoms with E-state index in [0.717, 1.165) is 71.6 Å². The van der Waals surface area contributed by atoms with Gasteiger partial charge in [-0.25, -0.2) is 0 Å². The van der Waals surface area contributed by atoms with Gasteiger partial charge in [0, 0.05) is 22.0 Å². The van der Waals surface area contributed by atoms with Crippen molar-refractivity contribution in [2.24, 2.45) is 0 Å². The Hall–Kier alpha value is -2.74. The fourth-order valence-corrected chi connectivity index (χ4v) is 6.34. The van der Waals surface area contributed by atoms with Gasteiger partial charge in [0.15, 0.2) is 0 Å². The molecule has 8 heteroatoms.